The van der Waals surface area contributed by atoms with Crippen molar-refractivity contribution in [2.24, 2.45) is 0 Å². The van der Waals surface area contributed by atoms with Crippen molar-refractivity contribution in [3.63, 3.8) is 0 Å². The lowest BCUT2D eigenvalue weighted by atomic mass is 10.1. The smallest absolute Gasteiger partial charge is 0.108 e. The zero-order chi connectivity index (χ0) is 16.8. The van der Waals surface area contributed by atoms with E-state index in [2.05, 4.69) is 45.5 Å². The Hall–Kier alpha value is -1.72. The van der Waals surface area contributed by atoms with Gasteiger partial charge in [-0.3, -0.25) is 9.88 Å². The summed E-state index contributed by atoms with van der Waals surface area (Å²) in [6.07, 6.45) is 11.3. The van der Waals surface area contributed by atoms with E-state index in [4.69, 9.17) is 4.74 Å². The SMILES string of the molecule is CCc1nccn1CC(C)N1CCC(OCc2cccnc2)CC1. The van der Waals surface area contributed by atoms with E-state index in [1.165, 1.54) is 5.82 Å². The molecule has 1 unspecified atom stereocenters. The van der Waals surface area contributed by atoms with Crippen LogP contribution in [0, 0.1) is 0 Å². The van der Waals surface area contributed by atoms with Crippen molar-refractivity contribution in [2.45, 2.75) is 58.4 Å². The van der Waals surface area contributed by atoms with Crippen LogP contribution >= 0.6 is 0 Å². The molecule has 1 atom stereocenters. The lowest BCUT2D eigenvalue weighted by Gasteiger charge is -2.36. The van der Waals surface area contributed by atoms with E-state index < -0.39 is 0 Å². The van der Waals surface area contributed by atoms with Gasteiger partial charge < -0.3 is 9.30 Å². The topological polar surface area (TPSA) is 43.2 Å². The van der Waals surface area contributed by atoms with Crippen LogP contribution in [0.25, 0.3) is 0 Å². The second kappa shape index (κ2) is 8.40. The van der Waals surface area contributed by atoms with E-state index in [1.807, 2.05) is 18.5 Å². The minimum Gasteiger partial charge on any atom is -0.373 e. The zero-order valence-electron chi connectivity index (χ0n) is 14.8. The average molecular weight is 328 g/mol. The van der Waals surface area contributed by atoms with Gasteiger partial charge in [0.05, 0.1) is 12.7 Å². The first-order chi connectivity index (χ1) is 11.8. The van der Waals surface area contributed by atoms with Gasteiger partial charge in [0.25, 0.3) is 0 Å². The van der Waals surface area contributed by atoms with Crippen molar-refractivity contribution in [1.29, 1.82) is 0 Å². The molecule has 0 bridgehead atoms. The Bertz CT molecular complexity index is 605. The molecule has 0 radical (unpaired) electrons. The minimum absolute atomic E-state index is 0.369. The highest BCUT2D eigenvalue weighted by Gasteiger charge is 2.23. The lowest BCUT2D eigenvalue weighted by molar-refractivity contribution is -0.0110. The van der Waals surface area contributed by atoms with Crippen molar-refractivity contribution in [3.05, 3.63) is 48.3 Å². The fourth-order valence-corrected chi connectivity index (χ4v) is 3.40. The summed E-state index contributed by atoms with van der Waals surface area (Å²) >= 11 is 0. The van der Waals surface area contributed by atoms with Crippen LogP contribution in [0.4, 0.5) is 0 Å². The predicted molar refractivity (Wildman–Crippen MR) is 94.7 cm³/mol. The summed E-state index contributed by atoms with van der Waals surface area (Å²) in [5.74, 6) is 1.18. The van der Waals surface area contributed by atoms with E-state index in [-0.39, 0.29) is 0 Å². The summed E-state index contributed by atoms with van der Waals surface area (Å²) in [7, 11) is 0. The highest BCUT2D eigenvalue weighted by atomic mass is 16.5. The fourth-order valence-electron chi connectivity index (χ4n) is 3.40. The molecule has 0 N–H and O–H groups in total. The third-order valence-corrected chi connectivity index (χ3v) is 4.89. The first-order valence-electron chi connectivity index (χ1n) is 9.00. The molecule has 3 rings (SSSR count). The molecule has 5 heteroatoms. The van der Waals surface area contributed by atoms with E-state index in [9.17, 15) is 0 Å². The number of nitrogens with zero attached hydrogens (tertiary/aromatic N) is 4. The zero-order valence-corrected chi connectivity index (χ0v) is 14.8. The molecule has 0 amide bonds. The summed E-state index contributed by atoms with van der Waals surface area (Å²) < 4.78 is 8.34. The molecule has 5 nitrogen and oxygen atoms in total. The number of imidazole rings is 1. The molecule has 130 valence electrons. The quantitative estimate of drug-likeness (QED) is 0.784. The first-order valence-corrected chi connectivity index (χ1v) is 9.00. The van der Waals surface area contributed by atoms with Gasteiger partial charge in [0.1, 0.15) is 5.82 Å². The Balaban J connectivity index is 1.43. The lowest BCUT2D eigenvalue weighted by Crippen LogP contribution is -2.43. The highest BCUT2D eigenvalue weighted by molar-refractivity contribution is 5.06. The summed E-state index contributed by atoms with van der Waals surface area (Å²) in [5, 5.41) is 0. The van der Waals surface area contributed by atoms with Crippen LogP contribution in [0.2, 0.25) is 0 Å². The molecular formula is C19H28N4O. The largest absolute Gasteiger partial charge is 0.373 e. The van der Waals surface area contributed by atoms with Crippen LogP contribution in [-0.4, -0.2) is 44.7 Å². The molecule has 1 aliphatic rings. The first kappa shape index (κ1) is 17.1. The number of piperidine rings is 1. The maximum absolute atomic E-state index is 6.06. The van der Waals surface area contributed by atoms with Crippen LogP contribution in [0.3, 0.4) is 0 Å². The molecular weight excluding hydrogens is 300 g/mol. The van der Waals surface area contributed by atoms with E-state index >= 15 is 0 Å². The van der Waals surface area contributed by atoms with Gasteiger partial charge in [0.2, 0.25) is 0 Å². The van der Waals surface area contributed by atoms with Crippen molar-refractivity contribution in [2.75, 3.05) is 13.1 Å². The van der Waals surface area contributed by atoms with E-state index in [1.54, 1.807) is 6.20 Å². The normalized spacial score (nSPS) is 17.9. The number of rotatable bonds is 7. The maximum Gasteiger partial charge on any atom is 0.108 e. The number of likely N-dealkylation sites (tertiary alicyclic amines) is 1. The second-order valence-electron chi connectivity index (χ2n) is 6.61. The molecule has 1 aliphatic heterocycles. The average Bonchev–Trinajstić information content (AvgIpc) is 3.08. The fraction of sp³-hybridized carbons (Fsp3) is 0.579. The maximum atomic E-state index is 6.06. The van der Waals surface area contributed by atoms with Crippen molar-refractivity contribution in [1.82, 2.24) is 19.4 Å². The Morgan fingerprint density at radius 2 is 2.12 bits per heavy atom. The Morgan fingerprint density at radius 3 is 2.83 bits per heavy atom. The van der Waals surface area contributed by atoms with Crippen LogP contribution in [0.5, 0.6) is 0 Å². The van der Waals surface area contributed by atoms with Gasteiger partial charge in [-0.1, -0.05) is 13.0 Å². The Kier molecular flexibility index (Phi) is 5.99. The number of hydrogen-bond acceptors (Lipinski definition) is 4. The molecule has 1 saturated heterocycles. The summed E-state index contributed by atoms with van der Waals surface area (Å²) in [6.45, 7) is 8.38. The molecule has 2 aromatic rings. The number of pyridine rings is 1. The van der Waals surface area contributed by atoms with Crippen molar-refractivity contribution >= 4 is 0 Å². The summed E-state index contributed by atoms with van der Waals surface area (Å²) in [6, 6.07) is 4.56. The summed E-state index contributed by atoms with van der Waals surface area (Å²) in [4.78, 5) is 11.1. The molecule has 0 aliphatic carbocycles. The van der Waals surface area contributed by atoms with E-state index in [0.717, 1.165) is 44.5 Å². The molecule has 0 spiro atoms. The van der Waals surface area contributed by atoms with Crippen molar-refractivity contribution < 1.29 is 4.74 Å². The molecule has 2 aromatic heterocycles. The molecule has 0 saturated carbocycles. The Morgan fingerprint density at radius 1 is 1.29 bits per heavy atom. The molecule has 1 fully saturated rings. The van der Waals surface area contributed by atoms with Crippen LogP contribution < -0.4 is 0 Å². The Labute approximate surface area is 144 Å². The highest BCUT2D eigenvalue weighted by Crippen LogP contribution is 2.18. The van der Waals surface area contributed by atoms with E-state index in [0.29, 0.717) is 18.8 Å². The molecule has 3 heterocycles. The number of aryl methyl sites for hydroxylation is 1. The number of hydrogen-bond donors (Lipinski definition) is 0. The summed E-state index contributed by atoms with van der Waals surface area (Å²) in [5.41, 5.74) is 1.15. The predicted octanol–water partition coefficient (Wildman–Crippen LogP) is 2.91. The standard InChI is InChI=1S/C19H28N4O/c1-3-19-21-9-12-23(19)14-16(2)22-10-6-18(7-11-22)24-15-17-5-4-8-20-13-17/h4-5,8-9,12-13,16,18H,3,6-7,10-11,14-15H2,1-2H3. The minimum atomic E-state index is 0.369. The van der Waals surface area contributed by atoms with Gasteiger partial charge in [-0.05, 0) is 31.4 Å². The third-order valence-electron chi connectivity index (χ3n) is 4.89. The molecule has 0 aromatic carbocycles. The van der Waals surface area contributed by atoms with Gasteiger partial charge in [0, 0.05) is 56.9 Å². The third kappa shape index (κ3) is 4.42. The van der Waals surface area contributed by atoms with Gasteiger partial charge >= 0.3 is 0 Å². The second-order valence-corrected chi connectivity index (χ2v) is 6.61. The van der Waals surface area contributed by atoms with Gasteiger partial charge in [-0.25, -0.2) is 4.98 Å². The van der Waals surface area contributed by atoms with Crippen molar-refractivity contribution in [3.8, 4) is 0 Å². The molecule has 24 heavy (non-hydrogen) atoms. The number of ether oxygens (including phenoxy) is 1. The van der Waals surface area contributed by atoms with Gasteiger partial charge in [-0.15, -0.1) is 0 Å². The van der Waals surface area contributed by atoms with Gasteiger partial charge in [0.15, 0.2) is 0 Å². The van der Waals surface area contributed by atoms with Crippen LogP contribution in [-0.2, 0) is 24.3 Å². The number of aromatic nitrogens is 3. The van der Waals surface area contributed by atoms with Gasteiger partial charge in [-0.2, -0.15) is 0 Å². The van der Waals surface area contributed by atoms with Crippen LogP contribution in [0.1, 0.15) is 38.1 Å². The monoisotopic (exact) mass is 328 g/mol. The van der Waals surface area contributed by atoms with Crippen LogP contribution in [0.15, 0.2) is 36.9 Å².